The van der Waals surface area contributed by atoms with Crippen molar-refractivity contribution in [1.82, 2.24) is 5.32 Å². The molecule has 0 rings (SSSR count). The first kappa shape index (κ1) is 12.7. The van der Waals surface area contributed by atoms with Gasteiger partial charge in [-0.2, -0.15) is 0 Å². The molecule has 0 radical (unpaired) electrons. The van der Waals surface area contributed by atoms with Crippen molar-refractivity contribution in [3.8, 4) is 0 Å². The van der Waals surface area contributed by atoms with Gasteiger partial charge in [-0.3, -0.25) is 10.1 Å². The van der Waals surface area contributed by atoms with Gasteiger partial charge in [0.2, 0.25) is 0 Å². The molecule has 5 nitrogen and oxygen atoms in total. The van der Waals surface area contributed by atoms with E-state index in [1.165, 1.54) is 0 Å². The van der Waals surface area contributed by atoms with Gasteiger partial charge in [-0.15, -0.1) is 0 Å². The van der Waals surface area contributed by atoms with Crippen LogP contribution in [-0.4, -0.2) is 29.1 Å². The van der Waals surface area contributed by atoms with Crippen molar-refractivity contribution in [3.63, 3.8) is 0 Å². The Morgan fingerprint density at radius 2 is 2.00 bits per heavy atom. The van der Waals surface area contributed by atoms with Crippen molar-refractivity contribution >= 4 is 12.1 Å². The Hall–Kier alpha value is -1.33. The van der Waals surface area contributed by atoms with Gasteiger partial charge >= 0.3 is 12.1 Å². The summed E-state index contributed by atoms with van der Waals surface area (Å²) >= 11 is 0. The predicted octanol–water partition coefficient (Wildman–Crippen LogP) is 1.28. The molecular formula is C8H14FNO4. The third-order valence-corrected chi connectivity index (χ3v) is 1.03. The summed E-state index contributed by atoms with van der Waals surface area (Å²) in [5.74, 6) is -1.33. The Balaban J connectivity index is 3.89. The molecule has 0 aliphatic heterocycles. The van der Waals surface area contributed by atoms with Crippen LogP contribution in [0.25, 0.3) is 0 Å². The Labute approximate surface area is 81.2 Å². The lowest BCUT2D eigenvalue weighted by Crippen LogP contribution is -2.37. The average molecular weight is 207 g/mol. The summed E-state index contributed by atoms with van der Waals surface area (Å²) in [7, 11) is 0. The number of amides is 1. The maximum Gasteiger partial charge on any atom is 0.409 e. The molecule has 0 heterocycles. The zero-order valence-corrected chi connectivity index (χ0v) is 8.33. The first-order valence-corrected chi connectivity index (χ1v) is 4.06. The molecule has 0 aromatic carbocycles. The largest absolute Gasteiger partial charge is 0.481 e. The fourth-order valence-corrected chi connectivity index (χ4v) is 0.640. The van der Waals surface area contributed by atoms with Gasteiger partial charge in [-0.1, -0.05) is 0 Å². The van der Waals surface area contributed by atoms with Gasteiger partial charge in [0, 0.05) is 0 Å². The number of rotatable bonds is 3. The van der Waals surface area contributed by atoms with Crippen molar-refractivity contribution in [1.29, 1.82) is 0 Å². The van der Waals surface area contributed by atoms with E-state index in [0.29, 0.717) is 0 Å². The van der Waals surface area contributed by atoms with Gasteiger partial charge < -0.3 is 9.84 Å². The topological polar surface area (TPSA) is 75.6 Å². The molecule has 14 heavy (non-hydrogen) atoms. The van der Waals surface area contributed by atoms with E-state index in [1.54, 1.807) is 26.1 Å². The Morgan fingerprint density at radius 3 is 2.36 bits per heavy atom. The van der Waals surface area contributed by atoms with Crippen LogP contribution in [0.4, 0.5) is 9.18 Å². The van der Waals surface area contributed by atoms with Crippen LogP contribution in [0.5, 0.6) is 0 Å². The number of hydrogen-bond acceptors (Lipinski definition) is 3. The van der Waals surface area contributed by atoms with Gasteiger partial charge in [0.25, 0.3) is 0 Å². The Bertz CT molecular complexity index is 224. The van der Waals surface area contributed by atoms with Crippen molar-refractivity contribution in [2.45, 2.75) is 39.1 Å². The summed E-state index contributed by atoms with van der Waals surface area (Å²) in [4.78, 5) is 20.9. The molecule has 0 fully saturated rings. The minimum Gasteiger partial charge on any atom is -0.481 e. The van der Waals surface area contributed by atoms with Gasteiger partial charge in [-0.05, 0) is 20.8 Å². The van der Waals surface area contributed by atoms with Crippen LogP contribution in [-0.2, 0) is 9.53 Å². The van der Waals surface area contributed by atoms with E-state index in [4.69, 9.17) is 9.84 Å². The molecule has 0 spiro atoms. The predicted molar refractivity (Wildman–Crippen MR) is 46.5 cm³/mol. The molecule has 0 aliphatic carbocycles. The van der Waals surface area contributed by atoms with Crippen LogP contribution in [0, 0.1) is 0 Å². The summed E-state index contributed by atoms with van der Waals surface area (Å²) in [6, 6.07) is 0. The molecule has 6 heteroatoms. The number of halogens is 1. The van der Waals surface area contributed by atoms with Crippen LogP contribution in [0.1, 0.15) is 27.2 Å². The zero-order valence-electron chi connectivity index (χ0n) is 8.33. The maximum atomic E-state index is 12.7. The number of alkyl halides is 1. The van der Waals surface area contributed by atoms with E-state index in [0.717, 1.165) is 0 Å². The number of alkyl carbamates (subject to hydrolysis) is 1. The highest BCUT2D eigenvalue weighted by molar-refractivity contribution is 5.71. The van der Waals surface area contributed by atoms with Gasteiger partial charge in [0.05, 0.1) is 6.42 Å². The minimum atomic E-state index is -1.93. The SMILES string of the molecule is CC(C)(C)OC(=O)N[C@H](F)CC(=O)O. The first-order chi connectivity index (χ1) is 6.20. The smallest absolute Gasteiger partial charge is 0.409 e. The lowest BCUT2D eigenvalue weighted by Gasteiger charge is -2.20. The summed E-state index contributed by atoms with van der Waals surface area (Å²) in [5.41, 5.74) is -0.729. The molecule has 1 amide bonds. The molecule has 2 N–H and O–H groups in total. The molecule has 0 aliphatic rings. The minimum absolute atomic E-state index is 0.729. The van der Waals surface area contributed by atoms with Crippen LogP contribution < -0.4 is 5.32 Å². The Kier molecular flexibility index (Phi) is 4.33. The Morgan fingerprint density at radius 1 is 1.50 bits per heavy atom. The number of carbonyl (C=O) groups is 2. The van der Waals surface area contributed by atoms with Crippen molar-refractivity contribution < 1.29 is 23.8 Å². The van der Waals surface area contributed by atoms with E-state index in [9.17, 15) is 14.0 Å². The number of carboxylic acid groups (broad SMARTS) is 1. The fourth-order valence-electron chi connectivity index (χ4n) is 0.640. The highest BCUT2D eigenvalue weighted by Gasteiger charge is 2.20. The first-order valence-electron chi connectivity index (χ1n) is 4.06. The van der Waals surface area contributed by atoms with Crippen LogP contribution in [0.2, 0.25) is 0 Å². The molecule has 0 saturated carbocycles. The molecule has 0 bridgehead atoms. The monoisotopic (exact) mass is 207 g/mol. The van der Waals surface area contributed by atoms with Crippen LogP contribution >= 0.6 is 0 Å². The van der Waals surface area contributed by atoms with E-state index in [-0.39, 0.29) is 0 Å². The highest BCUT2D eigenvalue weighted by atomic mass is 19.1. The highest BCUT2D eigenvalue weighted by Crippen LogP contribution is 2.07. The number of carbonyl (C=O) groups excluding carboxylic acids is 1. The lowest BCUT2D eigenvalue weighted by atomic mass is 10.2. The second kappa shape index (κ2) is 4.78. The standard InChI is InChI=1S/C8H14FNO4/c1-8(2,3)14-7(13)10-5(9)4-6(11)12/h5H,4H2,1-3H3,(H,10,13)(H,11,12)/t5-/m0/s1. The molecule has 0 aromatic heterocycles. The maximum absolute atomic E-state index is 12.7. The second-order valence-corrected chi connectivity index (χ2v) is 3.71. The summed E-state index contributed by atoms with van der Waals surface area (Å²) in [5, 5.41) is 9.96. The number of nitrogens with one attached hydrogen (secondary N) is 1. The molecule has 0 aromatic rings. The molecule has 0 saturated heterocycles. The lowest BCUT2D eigenvalue weighted by molar-refractivity contribution is -0.138. The zero-order chi connectivity index (χ0) is 11.4. The number of hydrogen-bond donors (Lipinski definition) is 2. The molecule has 0 unspecified atom stereocenters. The fraction of sp³-hybridized carbons (Fsp3) is 0.750. The second-order valence-electron chi connectivity index (χ2n) is 3.71. The molecule has 1 atom stereocenters. The quantitative estimate of drug-likeness (QED) is 0.683. The summed E-state index contributed by atoms with van der Waals surface area (Å²) in [6.45, 7) is 4.87. The normalized spacial score (nSPS) is 13.1. The van der Waals surface area contributed by atoms with Crippen molar-refractivity contribution in [2.75, 3.05) is 0 Å². The number of ether oxygens (including phenoxy) is 1. The van der Waals surface area contributed by atoms with Gasteiger partial charge in [0.1, 0.15) is 5.60 Å². The van der Waals surface area contributed by atoms with Crippen LogP contribution in [0.3, 0.4) is 0 Å². The molecule has 82 valence electrons. The van der Waals surface area contributed by atoms with E-state index < -0.39 is 30.4 Å². The van der Waals surface area contributed by atoms with Gasteiger partial charge in [-0.25, -0.2) is 9.18 Å². The van der Waals surface area contributed by atoms with Gasteiger partial charge in [0.15, 0.2) is 6.30 Å². The number of aliphatic carboxylic acids is 1. The average Bonchev–Trinajstić information content (AvgIpc) is 1.77. The third kappa shape index (κ3) is 7.33. The third-order valence-electron chi connectivity index (χ3n) is 1.03. The number of carboxylic acids is 1. The van der Waals surface area contributed by atoms with Crippen molar-refractivity contribution in [3.05, 3.63) is 0 Å². The van der Waals surface area contributed by atoms with Crippen LogP contribution in [0.15, 0.2) is 0 Å². The van der Waals surface area contributed by atoms with Crippen molar-refractivity contribution in [2.24, 2.45) is 0 Å². The summed E-state index contributed by atoms with van der Waals surface area (Å²) < 4.78 is 17.4. The van der Waals surface area contributed by atoms with E-state index in [2.05, 4.69) is 0 Å². The molecular weight excluding hydrogens is 193 g/mol. The van der Waals surface area contributed by atoms with E-state index >= 15 is 0 Å². The summed E-state index contributed by atoms with van der Waals surface area (Å²) in [6.07, 6.45) is -3.67. The van der Waals surface area contributed by atoms with E-state index in [1.807, 2.05) is 0 Å².